The fraction of sp³-hybridized carbons (Fsp3) is 0.182. The molecular formula is C11H8N2O2S. The Bertz CT molecular complexity index is 488. The van der Waals surface area contributed by atoms with Gasteiger partial charge in [-0.25, -0.2) is 4.79 Å². The number of benzene rings is 1. The zero-order valence-corrected chi connectivity index (χ0v) is 9.07. The van der Waals surface area contributed by atoms with Gasteiger partial charge in [0.05, 0.1) is 16.7 Å². The highest BCUT2D eigenvalue weighted by atomic mass is 32.2. The van der Waals surface area contributed by atoms with E-state index in [1.165, 1.54) is 11.8 Å². The largest absolute Gasteiger partial charge is 0.480 e. The molecule has 0 radical (unpaired) electrons. The average Bonchev–Trinajstić information content (AvgIpc) is 2.78. The molecule has 16 heavy (non-hydrogen) atoms. The number of carbonyl (C=O) groups is 1. The Balaban J connectivity index is 2.23. The lowest BCUT2D eigenvalue weighted by atomic mass is 10.1. The summed E-state index contributed by atoms with van der Waals surface area (Å²) < 4.78 is 0. The predicted molar refractivity (Wildman–Crippen MR) is 61.6 cm³/mol. The summed E-state index contributed by atoms with van der Waals surface area (Å²) in [7, 11) is 0. The molecule has 1 N–H and O–H groups in total. The third-order valence-corrected chi connectivity index (χ3v) is 3.29. The Hall–Kier alpha value is -1.80. The Morgan fingerprint density at radius 1 is 1.50 bits per heavy atom. The summed E-state index contributed by atoms with van der Waals surface area (Å²) in [5.41, 5.74) is 1.45. The molecule has 1 atom stereocenters. The van der Waals surface area contributed by atoms with Gasteiger partial charge in [-0.05, 0) is 12.1 Å². The van der Waals surface area contributed by atoms with E-state index in [2.05, 4.69) is 4.99 Å². The second kappa shape index (κ2) is 4.37. The molecule has 0 saturated carbocycles. The van der Waals surface area contributed by atoms with Gasteiger partial charge in [0.2, 0.25) is 0 Å². The predicted octanol–water partition coefficient (Wildman–Crippen LogP) is 1.50. The molecule has 4 nitrogen and oxygen atoms in total. The summed E-state index contributed by atoms with van der Waals surface area (Å²) in [6, 6.07) is 8.36. The third-order valence-electron chi connectivity index (χ3n) is 2.20. The van der Waals surface area contributed by atoms with Crippen molar-refractivity contribution in [3.05, 3.63) is 35.4 Å². The first-order valence-corrected chi connectivity index (χ1v) is 5.63. The molecule has 5 heteroatoms. The van der Waals surface area contributed by atoms with E-state index in [0.717, 1.165) is 10.6 Å². The van der Waals surface area contributed by atoms with E-state index in [1.54, 1.807) is 24.3 Å². The van der Waals surface area contributed by atoms with Gasteiger partial charge in [0.15, 0.2) is 6.04 Å². The second-order valence-electron chi connectivity index (χ2n) is 3.29. The van der Waals surface area contributed by atoms with E-state index in [0.29, 0.717) is 11.3 Å². The van der Waals surface area contributed by atoms with Crippen molar-refractivity contribution in [2.45, 2.75) is 6.04 Å². The van der Waals surface area contributed by atoms with E-state index in [-0.39, 0.29) is 0 Å². The molecule has 0 aliphatic carbocycles. The van der Waals surface area contributed by atoms with Crippen molar-refractivity contribution in [3.63, 3.8) is 0 Å². The molecule has 2 rings (SSSR count). The summed E-state index contributed by atoms with van der Waals surface area (Å²) in [5.74, 6) is -0.416. The van der Waals surface area contributed by atoms with Crippen LogP contribution in [0.15, 0.2) is 29.3 Å². The lowest BCUT2D eigenvalue weighted by Gasteiger charge is -1.98. The van der Waals surface area contributed by atoms with Crippen LogP contribution in [-0.4, -0.2) is 27.9 Å². The number of thioether (sulfide) groups is 1. The molecule has 0 fully saturated rings. The number of hydrogen-bond donors (Lipinski definition) is 1. The molecule has 0 bridgehead atoms. The minimum Gasteiger partial charge on any atom is -0.480 e. The van der Waals surface area contributed by atoms with Crippen LogP contribution >= 0.6 is 11.8 Å². The number of carboxylic acid groups (broad SMARTS) is 1. The van der Waals surface area contributed by atoms with Crippen LogP contribution in [0.4, 0.5) is 0 Å². The second-order valence-corrected chi connectivity index (χ2v) is 4.30. The third kappa shape index (κ3) is 2.07. The highest BCUT2D eigenvalue weighted by molar-refractivity contribution is 8.14. The maximum absolute atomic E-state index is 10.7. The Morgan fingerprint density at radius 3 is 2.69 bits per heavy atom. The maximum atomic E-state index is 10.7. The van der Waals surface area contributed by atoms with Gasteiger partial charge in [0.25, 0.3) is 0 Å². The lowest BCUT2D eigenvalue weighted by Crippen LogP contribution is -2.17. The van der Waals surface area contributed by atoms with E-state index >= 15 is 0 Å². The Kier molecular flexibility index (Phi) is 2.93. The zero-order valence-electron chi connectivity index (χ0n) is 8.25. The molecule has 1 aromatic carbocycles. The van der Waals surface area contributed by atoms with E-state index in [4.69, 9.17) is 10.4 Å². The van der Waals surface area contributed by atoms with Crippen LogP contribution < -0.4 is 0 Å². The number of aliphatic imine (C=N–C) groups is 1. The van der Waals surface area contributed by atoms with Crippen molar-refractivity contribution in [2.24, 2.45) is 4.99 Å². The molecule has 0 unspecified atom stereocenters. The first-order chi connectivity index (χ1) is 7.70. The molecule has 1 aliphatic heterocycles. The van der Waals surface area contributed by atoms with Crippen molar-refractivity contribution in [1.29, 1.82) is 5.26 Å². The van der Waals surface area contributed by atoms with Gasteiger partial charge in [0, 0.05) is 11.3 Å². The summed E-state index contributed by atoms with van der Waals surface area (Å²) in [5, 5.41) is 18.2. The van der Waals surface area contributed by atoms with Gasteiger partial charge >= 0.3 is 5.97 Å². The molecule has 0 saturated heterocycles. The smallest absolute Gasteiger partial charge is 0.329 e. The minimum absolute atomic E-state index is 0.477. The molecule has 1 aromatic rings. The molecule has 0 spiro atoms. The molecule has 80 valence electrons. The molecule has 1 aliphatic rings. The number of nitrogens with zero attached hydrogens (tertiary/aromatic N) is 2. The number of nitriles is 1. The van der Waals surface area contributed by atoms with Crippen LogP contribution in [0.1, 0.15) is 11.1 Å². The van der Waals surface area contributed by atoms with Crippen LogP contribution in [-0.2, 0) is 4.79 Å². The quantitative estimate of drug-likeness (QED) is 0.838. The Morgan fingerprint density at radius 2 is 2.19 bits per heavy atom. The van der Waals surface area contributed by atoms with Gasteiger partial charge in [-0.2, -0.15) is 5.26 Å². The van der Waals surface area contributed by atoms with Crippen molar-refractivity contribution in [2.75, 3.05) is 5.75 Å². The van der Waals surface area contributed by atoms with Crippen LogP contribution in [0.25, 0.3) is 0 Å². The summed E-state index contributed by atoms with van der Waals surface area (Å²) >= 11 is 1.43. The zero-order chi connectivity index (χ0) is 11.5. The summed E-state index contributed by atoms with van der Waals surface area (Å²) in [4.78, 5) is 14.8. The summed E-state index contributed by atoms with van der Waals surface area (Å²) in [6.07, 6.45) is 0. The molecular weight excluding hydrogens is 224 g/mol. The van der Waals surface area contributed by atoms with E-state index in [1.807, 2.05) is 6.07 Å². The summed E-state index contributed by atoms with van der Waals surface area (Å²) in [6.45, 7) is 0. The normalized spacial score (nSPS) is 18.9. The molecule has 0 amide bonds. The number of rotatable bonds is 2. The van der Waals surface area contributed by atoms with Crippen LogP contribution in [0.5, 0.6) is 0 Å². The van der Waals surface area contributed by atoms with Gasteiger partial charge in [-0.1, -0.05) is 12.1 Å². The van der Waals surface area contributed by atoms with Crippen molar-refractivity contribution in [3.8, 4) is 6.07 Å². The van der Waals surface area contributed by atoms with Crippen molar-refractivity contribution in [1.82, 2.24) is 0 Å². The minimum atomic E-state index is -0.892. The Labute approximate surface area is 96.6 Å². The number of hydrogen-bond acceptors (Lipinski definition) is 4. The van der Waals surface area contributed by atoms with E-state index < -0.39 is 12.0 Å². The monoisotopic (exact) mass is 232 g/mol. The van der Waals surface area contributed by atoms with Crippen LogP contribution in [0, 0.1) is 11.3 Å². The fourth-order valence-corrected chi connectivity index (χ4v) is 2.38. The highest BCUT2D eigenvalue weighted by Gasteiger charge is 2.24. The van der Waals surface area contributed by atoms with Gasteiger partial charge in [-0.3, -0.25) is 4.99 Å². The SMILES string of the molecule is N#Cc1ccc(C2=N[C@H](C(=O)O)CS2)cc1. The van der Waals surface area contributed by atoms with Gasteiger partial charge in [0.1, 0.15) is 0 Å². The topological polar surface area (TPSA) is 73.5 Å². The lowest BCUT2D eigenvalue weighted by molar-refractivity contribution is -0.137. The number of carboxylic acids is 1. The average molecular weight is 232 g/mol. The van der Waals surface area contributed by atoms with Crippen molar-refractivity contribution < 1.29 is 9.90 Å². The first-order valence-electron chi connectivity index (χ1n) is 4.64. The maximum Gasteiger partial charge on any atom is 0.329 e. The molecule has 0 aromatic heterocycles. The molecule has 1 heterocycles. The van der Waals surface area contributed by atoms with Crippen LogP contribution in [0.3, 0.4) is 0 Å². The van der Waals surface area contributed by atoms with Gasteiger partial charge < -0.3 is 5.11 Å². The van der Waals surface area contributed by atoms with Gasteiger partial charge in [-0.15, -0.1) is 11.8 Å². The standard InChI is InChI=1S/C11H8N2O2S/c12-5-7-1-3-8(4-2-7)10-13-9(6-16-10)11(14)15/h1-4,9H,6H2,(H,14,15)/t9-/m0/s1. The van der Waals surface area contributed by atoms with Crippen LogP contribution in [0.2, 0.25) is 0 Å². The fourth-order valence-electron chi connectivity index (χ4n) is 1.35. The van der Waals surface area contributed by atoms with E-state index in [9.17, 15) is 4.79 Å². The number of aliphatic carboxylic acids is 1. The van der Waals surface area contributed by atoms with Crippen molar-refractivity contribution >= 4 is 22.8 Å². The first kappa shape index (κ1) is 10.7. The highest BCUT2D eigenvalue weighted by Crippen LogP contribution is 2.23.